The predicted molar refractivity (Wildman–Crippen MR) is 113 cm³/mol. The molecule has 26 heavy (non-hydrogen) atoms. The SMILES string of the molecule is NCCP1Cc2ccc3c(c2[C@@H]2c4ccccc4CCC2C1)CCCC3. The molecule has 2 aromatic rings. The lowest BCUT2D eigenvalue weighted by Gasteiger charge is -2.36. The van der Waals surface area contributed by atoms with Crippen molar-refractivity contribution in [3.05, 3.63) is 69.8 Å². The third-order valence-corrected chi connectivity index (χ3v) is 9.62. The first-order valence-electron chi connectivity index (χ1n) is 10.5. The van der Waals surface area contributed by atoms with E-state index in [-0.39, 0.29) is 7.92 Å². The van der Waals surface area contributed by atoms with Crippen molar-refractivity contribution in [3.8, 4) is 0 Å². The second-order valence-corrected chi connectivity index (χ2v) is 11.0. The number of hydrogen-bond donors (Lipinski definition) is 1. The Hall–Kier alpha value is -1.17. The van der Waals surface area contributed by atoms with Gasteiger partial charge in [0.15, 0.2) is 0 Å². The average molecular weight is 363 g/mol. The van der Waals surface area contributed by atoms with E-state index in [1.165, 1.54) is 57.0 Å². The van der Waals surface area contributed by atoms with Gasteiger partial charge in [0, 0.05) is 5.92 Å². The summed E-state index contributed by atoms with van der Waals surface area (Å²) in [5.41, 5.74) is 16.1. The van der Waals surface area contributed by atoms with Crippen LogP contribution in [0.3, 0.4) is 0 Å². The highest BCUT2D eigenvalue weighted by molar-refractivity contribution is 7.56. The molecular formula is C24H30NP. The molecule has 0 amide bonds. The van der Waals surface area contributed by atoms with Crippen LogP contribution in [0.2, 0.25) is 0 Å². The summed E-state index contributed by atoms with van der Waals surface area (Å²) in [6, 6.07) is 14.3. The van der Waals surface area contributed by atoms with Gasteiger partial charge in [-0.05, 0) is 103 Å². The zero-order chi connectivity index (χ0) is 17.5. The smallest absolute Gasteiger partial charge is 0.0129 e. The summed E-state index contributed by atoms with van der Waals surface area (Å²) in [4.78, 5) is 0. The van der Waals surface area contributed by atoms with E-state index in [0.29, 0.717) is 5.92 Å². The Balaban J connectivity index is 1.71. The lowest BCUT2D eigenvalue weighted by molar-refractivity contribution is 0.449. The van der Waals surface area contributed by atoms with Crippen LogP contribution in [0, 0.1) is 5.92 Å². The van der Waals surface area contributed by atoms with Gasteiger partial charge in [0.05, 0.1) is 0 Å². The van der Waals surface area contributed by atoms with Crippen molar-refractivity contribution < 1.29 is 0 Å². The largest absolute Gasteiger partial charge is 0.330 e. The van der Waals surface area contributed by atoms with Gasteiger partial charge in [-0.1, -0.05) is 36.4 Å². The summed E-state index contributed by atoms with van der Waals surface area (Å²) in [5, 5.41) is 0. The molecule has 1 heterocycles. The Labute approximate surface area is 159 Å². The van der Waals surface area contributed by atoms with Crippen LogP contribution in [0.4, 0.5) is 0 Å². The van der Waals surface area contributed by atoms with Crippen molar-refractivity contribution in [2.24, 2.45) is 11.7 Å². The fourth-order valence-electron chi connectivity index (χ4n) is 5.84. The maximum Gasteiger partial charge on any atom is 0.0129 e. The second-order valence-electron chi connectivity index (χ2n) is 8.48. The quantitative estimate of drug-likeness (QED) is 0.728. The Morgan fingerprint density at radius 1 is 0.923 bits per heavy atom. The molecule has 2 aromatic carbocycles. The molecule has 2 aliphatic carbocycles. The molecule has 0 saturated heterocycles. The molecule has 3 aliphatic rings. The minimum atomic E-state index is 0.0438. The molecule has 0 bridgehead atoms. The van der Waals surface area contributed by atoms with Crippen molar-refractivity contribution in [3.63, 3.8) is 0 Å². The minimum Gasteiger partial charge on any atom is -0.330 e. The summed E-state index contributed by atoms with van der Waals surface area (Å²) in [6.07, 6.45) is 12.0. The number of fused-ring (bicyclic) bond motifs is 7. The topological polar surface area (TPSA) is 26.0 Å². The van der Waals surface area contributed by atoms with E-state index in [1.54, 1.807) is 33.4 Å². The monoisotopic (exact) mass is 363 g/mol. The Morgan fingerprint density at radius 2 is 1.77 bits per heavy atom. The maximum atomic E-state index is 6.00. The van der Waals surface area contributed by atoms with Crippen LogP contribution in [0.15, 0.2) is 36.4 Å². The Kier molecular flexibility index (Phi) is 4.63. The summed E-state index contributed by atoms with van der Waals surface area (Å²) in [6.45, 7) is 0.861. The van der Waals surface area contributed by atoms with Crippen molar-refractivity contribution >= 4 is 7.92 Å². The molecule has 136 valence electrons. The van der Waals surface area contributed by atoms with E-state index in [0.717, 1.165) is 12.5 Å². The van der Waals surface area contributed by atoms with Gasteiger partial charge in [0.25, 0.3) is 0 Å². The molecule has 0 fully saturated rings. The van der Waals surface area contributed by atoms with Gasteiger partial charge in [0.1, 0.15) is 0 Å². The van der Waals surface area contributed by atoms with Crippen LogP contribution in [-0.2, 0) is 25.4 Å². The van der Waals surface area contributed by atoms with E-state index in [9.17, 15) is 0 Å². The molecule has 0 saturated carbocycles. The third-order valence-electron chi connectivity index (χ3n) is 6.96. The molecule has 0 radical (unpaired) electrons. The van der Waals surface area contributed by atoms with E-state index in [4.69, 9.17) is 5.73 Å². The standard InChI is InChI=1S/C24H30NP/c25-13-14-26-15-19-11-9-17-5-1-3-7-21(17)23(19)24-20(16-26)12-10-18-6-2-4-8-22(18)24/h1,3,5,7,10,12,19,23H,2,4,6,8-9,11,13-16,25H2/t19?,23-,26?/m0/s1. The van der Waals surface area contributed by atoms with Gasteiger partial charge in [0.2, 0.25) is 0 Å². The molecule has 1 aliphatic heterocycles. The molecule has 0 aromatic heterocycles. The lowest BCUT2D eigenvalue weighted by atomic mass is 9.69. The van der Waals surface area contributed by atoms with E-state index < -0.39 is 0 Å². The van der Waals surface area contributed by atoms with Crippen molar-refractivity contribution in [2.45, 2.75) is 50.6 Å². The van der Waals surface area contributed by atoms with E-state index in [1.807, 2.05) is 0 Å². The van der Waals surface area contributed by atoms with Crippen molar-refractivity contribution in [2.75, 3.05) is 18.9 Å². The van der Waals surface area contributed by atoms with Crippen LogP contribution in [-0.4, -0.2) is 18.9 Å². The number of nitrogens with two attached hydrogens (primary N) is 1. The summed E-state index contributed by atoms with van der Waals surface area (Å²) >= 11 is 0. The average Bonchev–Trinajstić information content (AvgIpc) is 2.84. The zero-order valence-electron chi connectivity index (χ0n) is 15.7. The van der Waals surface area contributed by atoms with Crippen LogP contribution in [0.1, 0.15) is 58.6 Å². The highest BCUT2D eigenvalue weighted by atomic mass is 31.1. The molecule has 2 heteroatoms. The number of hydrogen-bond acceptors (Lipinski definition) is 1. The molecule has 0 spiro atoms. The first-order valence-corrected chi connectivity index (χ1v) is 12.4. The summed E-state index contributed by atoms with van der Waals surface area (Å²) < 4.78 is 0. The highest BCUT2D eigenvalue weighted by Crippen LogP contribution is 2.55. The zero-order valence-corrected chi connectivity index (χ0v) is 16.6. The van der Waals surface area contributed by atoms with Gasteiger partial charge in [-0.15, -0.1) is 7.92 Å². The van der Waals surface area contributed by atoms with Gasteiger partial charge < -0.3 is 5.73 Å². The highest BCUT2D eigenvalue weighted by Gasteiger charge is 2.37. The lowest BCUT2D eigenvalue weighted by Crippen LogP contribution is -2.25. The van der Waals surface area contributed by atoms with Crippen molar-refractivity contribution in [1.82, 2.24) is 0 Å². The first kappa shape index (κ1) is 17.0. The first-order chi connectivity index (χ1) is 12.8. The summed E-state index contributed by atoms with van der Waals surface area (Å²) in [7, 11) is 0.0438. The number of rotatable bonds is 2. The minimum absolute atomic E-state index is 0.0438. The fraction of sp³-hybridized carbons (Fsp3) is 0.500. The Morgan fingerprint density at radius 3 is 2.69 bits per heavy atom. The van der Waals surface area contributed by atoms with Crippen LogP contribution in [0.25, 0.3) is 0 Å². The predicted octanol–water partition coefficient (Wildman–Crippen LogP) is 5.21. The van der Waals surface area contributed by atoms with Gasteiger partial charge in [-0.25, -0.2) is 0 Å². The van der Waals surface area contributed by atoms with E-state index in [2.05, 4.69) is 36.4 Å². The molecule has 5 rings (SSSR count). The van der Waals surface area contributed by atoms with Gasteiger partial charge >= 0.3 is 0 Å². The van der Waals surface area contributed by atoms with E-state index >= 15 is 0 Å². The molecule has 2 N–H and O–H groups in total. The maximum absolute atomic E-state index is 6.00. The fourth-order valence-corrected chi connectivity index (χ4v) is 8.48. The molecule has 1 nitrogen and oxygen atoms in total. The van der Waals surface area contributed by atoms with Crippen LogP contribution in [0.5, 0.6) is 0 Å². The van der Waals surface area contributed by atoms with Gasteiger partial charge in [-0.2, -0.15) is 0 Å². The normalized spacial score (nSPS) is 26.9. The number of benzene rings is 2. The molecule has 2 unspecified atom stereocenters. The second kappa shape index (κ2) is 7.10. The van der Waals surface area contributed by atoms with Crippen molar-refractivity contribution in [1.29, 1.82) is 0 Å². The van der Waals surface area contributed by atoms with Gasteiger partial charge in [-0.3, -0.25) is 0 Å². The molecular weight excluding hydrogens is 333 g/mol. The third kappa shape index (κ3) is 2.85. The number of aryl methyl sites for hydroxylation is 2. The summed E-state index contributed by atoms with van der Waals surface area (Å²) in [5.74, 6) is 1.48. The molecule has 3 atom stereocenters. The van der Waals surface area contributed by atoms with Crippen LogP contribution < -0.4 is 5.73 Å². The van der Waals surface area contributed by atoms with Crippen LogP contribution >= 0.6 is 7.92 Å². The Bertz CT molecular complexity index is 812.